The number of amides is 1. The van der Waals surface area contributed by atoms with Gasteiger partial charge < -0.3 is 14.4 Å². The number of hydrogen-bond donors (Lipinski definition) is 0. The van der Waals surface area contributed by atoms with Crippen molar-refractivity contribution in [3.05, 3.63) is 53.1 Å². The zero-order chi connectivity index (χ0) is 22.9. The predicted molar refractivity (Wildman–Crippen MR) is 123 cm³/mol. The van der Waals surface area contributed by atoms with E-state index in [1.165, 1.54) is 0 Å². The Kier molecular flexibility index (Phi) is 6.50. The normalized spacial score (nSPS) is 17.3. The van der Waals surface area contributed by atoms with Crippen LogP contribution in [0.1, 0.15) is 12.5 Å². The molecule has 0 spiro atoms. The number of carbonyl (C=O) groups is 1. The molecule has 1 fully saturated rings. The van der Waals surface area contributed by atoms with Crippen molar-refractivity contribution in [1.29, 1.82) is 0 Å². The standard InChI is InChI=1S/C22H26ClN3O5S/c1-16(26(32(2,28)29)19-6-4-18(23)5-7-19)22(27)25-11-9-24(10-12-25)14-17-3-8-20-21(13-17)31-15-30-20/h3-8,13,16H,9-12,14-15H2,1-2H3/t16-/m1/s1. The van der Waals surface area contributed by atoms with Gasteiger partial charge in [-0.3, -0.25) is 14.0 Å². The van der Waals surface area contributed by atoms with Crippen LogP contribution in [0.5, 0.6) is 11.5 Å². The monoisotopic (exact) mass is 479 g/mol. The zero-order valence-corrected chi connectivity index (χ0v) is 19.6. The second-order valence-corrected chi connectivity index (χ2v) is 10.3. The number of rotatable bonds is 6. The van der Waals surface area contributed by atoms with Gasteiger partial charge in [0, 0.05) is 37.7 Å². The number of carbonyl (C=O) groups excluding carboxylic acids is 1. The summed E-state index contributed by atoms with van der Waals surface area (Å²) in [6, 6.07) is 11.5. The van der Waals surface area contributed by atoms with E-state index in [4.69, 9.17) is 21.1 Å². The average molecular weight is 480 g/mol. The highest BCUT2D eigenvalue weighted by molar-refractivity contribution is 7.92. The smallest absolute Gasteiger partial charge is 0.246 e. The minimum Gasteiger partial charge on any atom is -0.454 e. The summed E-state index contributed by atoms with van der Waals surface area (Å²) in [4.78, 5) is 17.2. The topological polar surface area (TPSA) is 79.4 Å². The molecule has 2 heterocycles. The third kappa shape index (κ3) is 4.95. The molecule has 2 aliphatic heterocycles. The molecule has 0 bridgehead atoms. The number of nitrogens with zero attached hydrogens (tertiary/aromatic N) is 3. The number of anilines is 1. The van der Waals surface area contributed by atoms with Gasteiger partial charge in [-0.25, -0.2) is 8.42 Å². The number of ether oxygens (including phenoxy) is 2. The van der Waals surface area contributed by atoms with Crippen molar-refractivity contribution in [2.24, 2.45) is 0 Å². The third-order valence-corrected chi connectivity index (χ3v) is 7.17. The minimum atomic E-state index is -3.66. The van der Waals surface area contributed by atoms with Crippen LogP contribution < -0.4 is 13.8 Å². The van der Waals surface area contributed by atoms with Crippen LogP contribution in [0.4, 0.5) is 5.69 Å². The lowest BCUT2D eigenvalue weighted by Crippen LogP contribution is -2.55. The van der Waals surface area contributed by atoms with Crippen LogP contribution in [-0.2, 0) is 21.4 Å². The van der Waals surface area contributed by atoms with Gasteiger partial charge in [-0.05, 0) is 48.9 Å². The summed E-state index contributed by atoms with van der Waals surface area (Å²) in [5.41, 5.74) is 1.53. The van der Waals surface area contributed by atoms with Gasteiger partial charge in [0.1, 0.15) is 6.04 Å². The largest absolute Gasteiger partial charge is 0.454 e. The summed E-state index contributed by atoms with van der Waals surface area (Å²) >= 11 is 5.93. The lowest BCUT2D eigenvalue weighted by molar-refractivity contribution is -0.133. The Bertz CT molecular complexity index is 1090. The number of fused-ring (bicyclic) bond motifs is 1. The highest BCUT2D eigenvalue weighted by Gasteiger charge is 2.33. The fraction of sp³-hybridized carbons (Fsp3) is 0.409. The fourth-order valence-electron chi connectivity index (χ4n) is 4.08. The first-order valence-corrected chi connectivity index (χ1v) is 12.6. The molecule has 0 aromatic heterocycles. The molecule has 2 aromatic carbocycles. The lowest BCUT2D eigenvalue weighted by Gasteiger charge is -2.38. The van der Waals surface area contributed by atoms with Crippen LogP contribution in [-0.4, -0.2) is 69.4 Å². The molecule has 2 aromatic rings. The van der Waals surface area contributed by atoms with Crippen LogP contribution in [0.15, 0.2) is 42.5 Å². The molecule has 8 nitrogen and oxygen atoms in total. The van der Waals surface area contributed by atoms with Crippen molar-refractivity contribution in [2.75, 3.05) is 43.5 Å². The van der Waals surface area contributed by atoms with E-state index < -0.39 is 16.1 Å². The van der Waals surface area contributed by atoms with E-state index in [-0.39, 0.29) is 12.7 Å². The van der Waals surface area contributed by atoms with E-state index in [0.29, 0.717) is 36.9 Å². The maximum atomic E-state index is 13.2. The quantitative estimate of drug-likeness (QED) is 0.633. The van der Waals surface area contributed by atoms with Crippen LogP contribution in [0, 0.1) is 0 Å². The summed E-state index contributed by atoms with van der Waals surface area (Å²) in [5.74, 6) is 1.30. The first-order valence-electron chi connectivity index (χ1n) is 10.4. The van der Waals surface area contributed by atoms with Gasteiger partial charge in [-0.1, -0.05) is 17.7 Å². The Morgan fingerprint density at radius 2 is 1.72 bits per heavy atom. The second-order valence-electron chi connectivity index (χ2n) is 8.00. The van der Waals surface area contributed by atoms with Crippen molar-refractivity contribution < 1.29 is 22.7 Å². The van der Waals surface area contributed by atoms with E-state index >= 15 is 0 Å². The number of sulfonamides is 1. The number of hydrogen-bond acceptors (Lipinski definition) is 6. The summed E-state index contributed by atoms with van der Waals surface area (Å²) < 4.78 is 36.9. The van der Waals surface area contributed by atoms with Gasteiger partial charge in [0.2, 0.25) is 22.7 Å². The summed E-state index contributed by atoms with van der Waals surface area (Å²) in [6.07, 6.45) is 1.11. The third-order valence-electron chi connectivity index (χ3n) is 5.67. The average Bonchev–Trinajstić information content (AvgIpc) is 3.22. The Labute approximate surface area is 193 Å². The van der Waals surface area contributed by atoms with Crippen molar-refractivity contribution in [2.45, 2.75) is 19.5 Å². The van der Waals surface area contributed by atoms with Crippen LogP contribution in [0.25, 0.3) is 0 Å². The molecule has 0 N–H and O–H groups in total. The highest BCUT2D eigenvalue weighted by Crippen LogP contribution is 2.33. The molecular weight excluding hydrogens is 454 g/mol. The van der Waals surface area contributed by atoms with Gasteiger partial charge in [0.25, 0.3) is 0 Å². The molecular formula is C22H26ClN3O5S. The summed E-state index contributed by atoms with van der Waals surface area (Å²) in [7, 11) is -3.66. The molecule has 10 heteroatoms. The molecule has 0 aliphatic carbocycles. The zero-order valence-electron chi connectivity index (χ0n) is 18.0. The predicted octanol–water partition coefficient (Wildman–Crippen LogP) is 2.57. The lowest BCUT2D eigenvalue weighted by atomic mass is 10.1. The maximum absolute atomic E-state index is 13.2. The fourth-order valence-corrected chi connectivity index (χ4v) is 5.37. The van der Waals surface area contributed by atoms with Gasteiger partial charge in [-0.15, -0.1) is 0 Å². The van der Waals surface area contributed by atoms with Gasteiger partial charge in [0.05, 0.1) is 11.9 Å². The molecule has 4 rings (SSSR count). The van der Waals surface area contributed by atoms with Crippen molar-refractivity contribution >= 4 is 33.2 Å². The Morgan fingerprint density at radius 1 is 1.06 bits per heavy atom. The SMILES string of the molecule is C[C@H](C(=O)N1CCN(Cc2ccc3c(c2)OCO3)CC1)N(c1ccc(Cl)cc1)S(C)(=O)=O. The molecule has 172 valence electrons. The Balaban J connectivity index is 1.39. The molecule has 32 heavy (non-hydrogen) atoms. The summed E-state index contributed by atoms with van der Waals surface area (Å²) in [6.45, 7) is 5.08. The Morgan fingerprint density at radius 3 is 2.38 bits per heavy atom. The van der Waals surface area contributed by atoms with Crippen LogP contribution >= 0.6 is 11.6 Å². The molecule has 1 atom stereocenters. The van der Waals surface area contributed by atoms with Crippen LogP contribution in [0.2, 0.25) is 5.02 Å². The number of piperazine rings is 1. The first-order chi connectivity index (χ1) is 15.2. The maximum Gasteiger partial charge on any atom is 0.246 e. The Hall–Kier alpha value is -2.49. The molecule has 1 amide bonds. The molecule has 1 saturated heterocycles. The second kappa shape index (κ2) is 9.17. The molecule has 2 aliphatic rings. The highest BCUT2D eigenvalue weighted by atomic mass is 35.5. The first kappa shape index (κ1) is 22.7. The minimum absolute atomic E-state index is 0.215. The van der Waals surface area contributed by atoms with E-state index in [2.05, 4.69) is 4.90 Å². The van der Waals surface area contributed by atoms with Crippen molar-refractivity contribution in [3.63, 3.8) is 0 Å². The molecule has 0 saturated carbocycles. The van der Waals surface area contributed by atoms with E-state index in [0.717, 1.165) is 34.2 Å². The number of halogens is 1. The summed E-state index contributed by atoms with van der Waals surface area (Å²) in [5, 5.41) is 0.500. The van der Waals surface area contributed by atoms with Gasteiger partial charge in [-0.2, -0.15) is 0 Å². The van der Waals surface area contributed by atoms with Crippen LogP contribution in [0.3, 0.4) is 0 Å². The van der Waals surface area contributed by atoms with E-state index in [1.54, 1.807) is 36.1 Å². The van der Waals surface area contributed by atoms with Crippen molar-refractivity contribution in [3.8, 4) is 11.5 Å². The van der Waals surface area contributed by atoms with Gasteiger partial charge in [0.15, 0.2) is 11.5 Å². The molecule has 0 radical (unpaired) electrons. The van der Waals surface area contributed by atoms with E-state index in [9.17, 15) is 13.2 Å². The van der Waals surface area contributed by atoms with E-state index in [1.807, 2.05) is 18.2 Å². The number of benzene rings is 2. The molecule has 0 unspecified atom stereocenters. The van der Waals surface area contributed by atoms with Crippen molar-refractivity contribution in [1.82, 2.24) is 9.80 Å². The van der Waals surface area contributed by atoms with Gasteiger partial charge >= 0.3 is 0 Å².